The van der Waals surface area contributed by atoms with Crippen LogP contribution in [-0.4, -0.2) is 22.7 Å². The maximum atomic E-state index is 12.3. The second kappa shape index (κ2) is 7.83. The number of nitrogens with one attached hydrogen (secondary N) is 1. The molecule has 1 heterocycles. The Labute approximate surface area is 143 Å². The third-order valence-corrected chi connectivity index (χ3v) is 5.79. The van der Waals surface area contributed by atoms with Crippen molar-refractivity contribution >= 4 is 17.7 Å². The Hall–Kier alpha value is -1.54. The number of amides is 1. The summed E-state index contributed by atoms with van der Waals surface area (Å²) in [5, 5.41) is 13.1. The van der Waals surface area contributed by atoms with E-state index in [1.54, 1.807) is 0 Å². The van der Waals surface area contributed by atoms with Gasteiger partial charge in [-0.15, -0.1) is 0 Å². The quantitative estimate of drug-likeness (QED) is 0.856. The third-order valence-electron chi connectivity index (χ3n) is 4.82. The molecule has 1 fully saturated rings. The van der Waals surface area contributed by atoms with Gasteiger partial charge in [0.15, 0.2) is 0 Å². The Morgan fingerprint density at radius 2 is 2.17 bits per heavy atom. The molecule has 1 N–H and O–H groups in total. The van der Waals surface area contributed by atoms with Crippen LogP contribution >= 0.6 is 11.8 Å². The van der Waals surface area contributed by atoms with Crippen molar-refractivity contribution in [2.24, 2.45) is 11.8 Å². The van der Waals surface area contributed by atoms with E-state index >= 15 is 0 Å². The van der Waals surface area contributed by atoms with Gasteiger partial charge in [0, 0.05) is 11.7 Å². The Bertz CT molecular complexity index is 623. The summed E-state index contributed by atoms with van der Waals surface area (Å²) in [6.45, 7) is 8.30. The van der Waals surface area contributed by atoms with E-state index in [2.05, 4.69) is 30.2 Å². The number of carbonyl (C=O) groups is 1. The SMILES string of the molecule is Cc1cc(C)c(C#N)c(SCC(=O)NC2CCCC(C)C2C)n1. The van der Waals surface area contributed by atoms with Gasteiger partial charge in [-0.25, -0.2) is 4.98 Å². The molecule has 0 saturated heterocycles. The summed E-state index contributed by atoms with van der Waals surface area (Å²) >= 11 is 1.35. The highest BCUT2D eigenvalue weighted by molar-refractivity contribution is 8.00. The first-order chi connectivity index (χ1) is 10.9. The van der Waals surface area contributed by atoms with Gasteiger partial charge in [0.2, 0.25) is 5.91 Å². The van der Waals surface area contributed by atoms with E-state index in [9.17, 15) is 10.1 Å². The summed E-state index contributed by atoms with van der Waals surface area (Å²) in [6, 6.07) is 4.36. The van der Waals surface area contributed by atoms with E-state index in [1.807, 2.05) is 19.9 Å². The molecule has 3 unspecified atom stereocenters. The van der Waals surface area contributed by atoms with Crippen molar-refractivity contribution in [3.63, 3.8) is 0 Å². The maximum absolute atomic E-state index is 12.3. The summed E-state index contributed by atoms with van der Waals surface area (Å²) in [5.41, 5.74) is 2.37. The number of pyridine rings is 1. The van der Waals surface area contributed by atoms with Crippen molar-refractivity contribution in [1.82, 2.24) is 10.3 Å². The van der Waals surface area contributed by atoms with Gasteiger partial charge < -0.3 is 5.32 Å². The highest BCUT2D eigenvalue weighted by atomic mass is 32.2. The monoisotopic (exact) mass is 331 g/mol. The average Bonchev–Trinajstić information content (AvgIpc) is 2.49. The van der Waals surface area contributed by atoms with Crippen molar-refractivity contribution in [3.8, 4) is 6.07 Å². The molecule has 124 valence electrons. The van der Waals surface area contributed by atoms with Crippen molar-refractivity contribution in [2.75, 3.05) is 5.75 Å². The summed E-state index contributed by atoms with van der Waals surface area (Å²) in [6.07, 6.45) is 3.49. The first-order valence-electron chi connectivity index (χ1n) is 8.23. The van der Waals surface area contributed by atoms with E-state index in [0.29, 0.717) is 28.2 Å². The lowest BCUT2D eigenvalue weighted by Gasteiger charge is -2.34. The Balaban J connectivity index is 1.96. The molecule has 1 aromatic heterocycles. The standard InChI is InChI=1S/C18H25N3OS/c1-11-6-5-7-16(14(11)4)21-17(22)10-23-18-15(9-19)12(2)8-13(3)20-18/h8,11,14,16H,5-7,10H2,1-4H3,(H,21,22). The topological polar surface area (TPSA) is 65.8 Å². The van der Waals surface area contributed by atoms with Crippen LogP contribution in [0.3, 0.4) is 0 Å². The molecule has 1 saturated carbocycles. The van der Waals surface area contributed by atoms with Gasteiger partial charge in [0.05, 0.1) is 11.3 Å². The molecule has 4 nitrogen and oxygen atoms in total. The second-order valence-corrected chi connectivity index (χ2v) is 7.57. The third kappa shape index (κ3) is 4.48. The van der Waals surface area contributed by atoms with Gasteiger partial charge in [-0.05, 0) is 43.7 Å². The molecule has 1 aliphatic carbocycles. The Morgan fingerprint density at radius 1 is 1.43 bits per heavy atom. The number of hydrogen-bond donors (Lipinski definition) is 1. The predicted molar refractivity (Wildman–Crippen MR) is 93.3 cm³/mol. The molecule has 5 heteroatoms. The number of aromatic nitrogens is 1. The lowest BCUT2D eigenvalue weighted by atomic mass is 9.78. The fraction of sp³-hybridized carbons (Fsp3) is 0.611. The lowest BCUT2D eigenvalue weighted by molar-refractivity contribution is -0.119. The number of nitrogens with zero attached hydrogens (tertiary/aromatic N) is 2. The van der Waals surface area contributed by atoms with Crippen LogP contribution in [0.2, 0.25) is 0 Å². The minimum atomic E-state index is 0.0331. The number of aryl methyl sites for hydroxylation is 2. The van der Waals surface area contributed by atoms with Gasteiger partial charge in [-0.3, -0.25) is 4.79 Å². The molecule has 0 bridgehead atoms. The van der Waals surface area contributed by atoms with Crippen molar-refractivity contribution in [2.45, 2.75) is 58.0 Å². The molecule has 1 amide bonds. The summed E-state index contributed by atoms with van der Waals surface area (Å²) < 4.78 is 0. The van der Waals surface area contributed by atoms with Crippen LogP contribution in [0, 0.1) is 37.0 Å². The molecule has 0 aromatic carbocycles. The number of nitriles is 1. The molecule has 0 aliphatic heterocycles. The van der Waals surface area contributed by atoms with Crippen LogP contribution in [0.15, 0.2) is 11.1 Å². The van der Waals surface area contributed by atoms with Gasteiger partial charge in [-0.2, -0.15) is 5.26 Å². The van der Waals surface area contributed by atoms with Crippen LogP contribution in [0.5, 0.6) is 0 Å². The molecular formula is C18H25N3OS. The molecule has 3 atom stereocenters. The number of thioether (sulfide) groups is 1. The van der Waals surface area contributed by atoms with Crippen molar-refractivity contribution in [3.05, 3.63) is 22.9 Å². The van der Waals surface area contributed by atoms with E-state index in [4.69, 9.17) is 0 Å². The largest absolute Gasteiger partial charge is 0.352 e. The zero-order valence-electron chi connectivity index (χ0n) is 14.3. The van der Waals surface area contributed by atoms with Crippen LogP contribution in [-0.2, 0) is 4.79 Å². The summed E-state index contributed by atoms with van der Waals surface area (Å²) in [7, 11) is 0. The normalized spacial score (nSPS) is 24.0. The maximum Gasteiger partial charge on any atom is 0.230 e. The first-order valence-corrected chi connectivity index (χ1v) is 9.21. The Kier molecular flexibility index (Phi) is 6.06. The highest BCUT2D eigenvalue weighted by Crippen LogP contribution is 2.30. The molecule has 1 aliphatic rings. The van der Waals surface area contributed by atoms with Crippen molar-refractivity contribution < 1.29 is 4.79 Å². The van der Waals surface area contributed by atoms with Gasteiger partial charge >= 0.3 is 0 Å². The van der Waals surface area contributed by atoms with E-state index in [0.717, 1.165) is 17.7 Å². The first kappa shape index (κ1) is 17.8. The van der Waals surface area contributed by atoms with E-state index < -0.39 is 0 Å². The molecule has 0 radical (unpaired) electrons. The number of carbonyl (C=O) groups excluding carboxylic acids is 1. The average molecular weight is 331 g/mol. The molecule has 0 spiro atoms. The zero-order chi connectivity index (χ0) is 17.0. The molecular weight excluding hydrogens is 306 g/mol. The van der Waals surface area contributed by atoms with Gasteiger partial charge in [-0.1, -0.05) is 38.5 Å². The van der Waals surface area contributed by atoms with Crippen molar-refractivity contribution in [1.29, 1.82) is 5.26 Å². The fourth-order valence-corrected chi connectivity index (χ4v) is 4.12. The molecule has 23 heavy (non-hydrogen) atoms. The van der Waals surface area contributed by atoms with E-state index in [-0.39, 0.29) is 11.9 Å². The Morgan fingerprint density at radius 3 is 2.87 bits per heavy atom. The van der Waals surface area contributed by atoms with E-state index in [1.165, 1.54) is 24.6 Å². The minimum Gasteiger partial charge on any atom is -0.352 e. The van der Waals surface area contributed by atoms with Gasteiger partial charge in [0.25, 0.3) is 0 Å². The van der Waals surface area contributed by atoms with Crippen LogP contribution in [0.4, 0.5) is 0 Å². The zero-order valence-corrected chi connectivity index (χ0v) is 15.2. The highest BCUT2D eigenvalue weighted by Gasteiger charge is 2.28. The minimum absolute atomic E-state index is 0.0331. The van der Waals surface area contributed by atoms with Crippen LogP contribution in [0.1, 0.15) is 49.9 Å². The molecule has 2 rings (SSSR count). The predicted octanol–water partition coefficient (Wildman–Crippen LogP) is 3.60. The van der Waals surface area contributed by atoms with Crippen LogP contribution < -0.4 is 5.32 Å². The van der Waals surface area contributed by atoms with Gasteiger partial charge in [0.1, 0.15) is 11.1 Å². The molecule has 1 aromatic rings. The lowest BCUT2D eigenvalue weighted by Crippen LogP contribution is -2.44. The summed E-state index contributed by atoms with van der Waals surface area (Å²) in [4.78, 5) is 16.7. The smallest absolute Gasteiger partial charge is 0.230 e. The number of hydrogen-bond acceptors (Lipinski definition) is 4. The number of rotatable bonds is 4. The fourth-order valence-electron chi connectivity index (χ4n) is 3.21. The van der Waals surface area contributed by atoms with Crippen LogP contribution in [0.25, 0.3) is 0 Å². The second-order valence-electron chi connectivity index (χ2n) is 6.60. The summed E-state index contributed by atoms with van der Waals surface area (Å²) in [5.74, 6) is 1.52.